The Kier molecular flexibility index (Phi) is 3.61. The SMILES string of the molecule is CCCOOc1ccc(C)cc1. The fourth-order valence-electron chi connectivity index (χ4n) is 0.787. The van der Waals surface area contributed by atoms with Crippen molar-refractivity contribution in [2.75, 3.05) is 6.61 Å². The Bertz CT molecular complexity index is 216. The van der Waals surface area contributed by atoms with Crippen LogP contribution in [0.5, 0.6) is 5.75 Å². The van der Waals surface area contributed by atoms with E-state index in [1.807, 2.05) is 38.1 Å². The largest absolute Gasteiger partial charge is 0.338 e. The maximum absolute atomic E-state index is 5.00. The molecule has 0 N–H and O–H groups in total. The summed E-state index contributed by atoms with van der Waals surface area (Å²) in [4.78, 5) is 9.91. The van der Waals surface area contributed by atoms with Crippen molar-refractivity contribution >= 4 is 0 Å². The zero-order chi connectivity index (χ0) is 8.81. The molecular formula is C10H14O2. The highest BCUT2D eigenvalue weighted by Crippen LogP contribution is 2.11. The normalized spacial score (nSPS) is 9.83. The minimum Gasteiger partial charge on any atom is -0.338 e. The zero-order valence-electron chi connectivity index (χ0n) is 7.54. The number of hydrogen-bond donors (Lipinski definition) is 0. The van der Waals surface area contributed by atoms with Gasteiger partial charge in [0.15, 0.2) is 5.75 Å². The molecule has 1 rings (SSSR count). The van der Waals surface area contributed by atoms with E-state index < -0.39 is 0 Å². The lowest BCUT2D eigenvalue weighted by molar-refractivity contribution is -0.206. The van der Waals surface area contributed by atoms with Crippen molar-refractivity contribution in [2.24, 2.45) is 0 Å². The van der Waals surface area contributed by atoms with E-state index in [2.05, 4.69) is 0 Å². The summed E-state index contributed by atoms with van der Waals surface area (Å²) < 4.78 is 0. The van der Waals surface area contributed by atoms with Crippen LogP contribution in [0.1, 0.15) is 18.9 Å². The van der Waals surface area contributed by atoms with Crippen LogP contribution in [-0.2, 0) is 4.89 Å². The van der Waals surface area contributed by atoms with Gasteiger partial charge in [0.05, 0.1) is 6.61 Å². The molecule has 0 radical (unpaired) electrons. The Morgan fingerprint density at radius 2 is 1.83 bits per heavy atom. The summed E-state index contributed by atoms with van der Waals surface area (Å²) >= 11 is 0. The predicted octanol–water partition coefficient (Wildman–Crippen LogP) is 2.72. The molecule has 0 atom stereocenters. The van der Waals surface area contributed by atoms with E-state index in [1.165, 1.54) is 5.56 Å². The first-order valence-corrected chi connectivity index (χ1v) is 4.19. The Hall–Kier alpha value is -1.02. The molecule has 12 heavy (non-hydrogen) atoms. The first kappa shape index (κ1) is 9.07. The average molecular weight is 166 g/mol. The van der Waals surface area contributed by atoms with Gasteiger partial charge in [-0.25, -0.2) is 0 Å². The molecule has 1 aromatic rings. The molecule has 0 spiro atoms. The molecular weight excluding hydrogens is 152 g/mol. The van der Waals surface area contributed by atoms with Crippen LogP contribution >= 0.6 is 0 Å². The Balaban J connectivity index is 2.37. The standard InChI is InChI=1S/C10H14O2/c1-3-8-11-12-10-6-4-9(2)5-7-10/h4-7H,3,8H2,1-2H3. The maximum atomic E-state index is 5.00. The van der Waals surface area contributed by atoms with Gasteiger partial charge in [-0.3, -0.25) is 0 Å². The number of aryl methyl sites for hydroxylation is 1. The highest BCUT2D eigenvalue weighted by Gasteiger charge is 1.92. The lowest BCUT2D eigenvalue weighted by Crippen LogP contribution is -1.97. The molecule has 0 aliphatic rings. The van der Waals surface area contributed by atoms with Crippen LogP contribution in [0.15, 0.2) is 24.3 Å². The second-order valence-electron chi connectivity index (χ2n) is 2.72. The van der Waals surface area contributed by atoms with Gasteiger partial charge >= 0.3 is 0 Å². The average Bonchev–Trinajstić information content (AvgIpc) is 2.09. The minimum atomic E-state index is 0.633. The first-order chi connectivity index (χ1) is 5.83. The monoisotopic (exact) mass is 166 g/mol. The van der Waals surface area contributed by atoms with E-state index in [9.17, 15) is 0 Å². The summed E-state index contributed by atoms with van der Waals surface area (Å²) in [6, 6.07) is 7.77. The predicted molar refractivity (Wildman–Crippen MR) is 48.1 cm³/mol. The molecule has 0 heterocycles. The minimum absolute atomic E-state index is 0.633. The number of benzene rings is 1. The van der Waals surface area contributed by atoms with Gasteiger partial charge in [-0.2, -0.15) is 4.89 Å². The van der Waals surface area contributed by atoms with Gasteiger partial charge in [-0.05, 0) is 25.5 Å². The van der Waals surface area contributed by atoms with Crippen molar-refractivity contribution < 1.29 is 9.78 Å². The van der Waals surface area contributed by atoms with Crippen LogP contribution in [-0.4, -0.2) is 6.61 Å². The van der Waals surface area contributed by atoms with E-state index in [4.69, 9.17) is 9.78 Å². The van der Waals surface area contributed by atoms with Crippen LogP contribution in [0.2, 0.25) is 0 Å². The second kappa shape index (κ2) is 4.78. The van der Waals surface area contributed by atoms with Gasteiger partial charge < -0.3 is 4.89 Å². The quantitative estimate of drug-likeness (QED) is 0.389. The molecule has 0 saturated carbocycles. The lowest BCUT2D eigenvalue weighted by Gasteiger charge is -2.02. The van der Waals surface area contributed by atoms with Crippen molar-refractivity contribution in [1.82, 2.24) is 0 Å². The molecule has 2 nitrogen and oxygen atoms in total. The Labute approximate surface area is 73.0 Å². The van der Waals surface area contributed by atoms with E-state index in [1.54, 1.807) is 0 Å². The van der Waals surface area contributed by atoms with Crippen molar-refractivity contribution in [3.05, 3.63) is 29.8 Å². The fourth-order valence-corrected chi connectivity index (χ4v) is 0.787. The fraction of sp³-hybridized carbons (Fsp3) is 0.400. The van der Waals surface area contributed by atoms with Crippen molar-refractivity contribution in [3.8, 4) is 5.75 Å². The van der Waals surface area contributed by atoms with E-state index >= 15 is 0 Å². The number of hydrogen-bond acceptors (Lipinski definition) is 2. The zero-order valence-corrected chi connectivity index (χ0v) is 7.54. The molecule has 0 amide bonds. The summed E-state index contributed by atoms with van der Waals surface area (Å²) in [7, 11) is 0. The third-order valence-corrected chi connectivity index (χ3v) is 1.46. The lowest BCUT2D eigenvalue weighted by atomic mass is 10.2. The summed E-state index contributed by atoms with van der Waals surface area (Å²) in [6.45, 7) is 4.71. The highest BCUT2D eigenvalue weighted by molar-refractivity contribution is 5.25. The topological polar surface area (TPSA) is 18.5 Å². The van der Waals surface area contributed by atoms with Crippen molar-refractivity contribution in [1.29, 1.82) is 0 Å². The van der Waals surface area contributed by atoms with Gasteiger partial charge in [0.2, 0.25) is 0 Å². The van der Waals surface area contributed by atoms with Crippen LogP contribution < -0.4 is 4.89 Å². The van der Waals surface area contributed by atoms with Crippen molar-refractivity contribution in [3.63, 3.8) is 0 Å². The molecule has 0 aliphatic carbocycles. The van der Waals surface area contributed by atoms with E-state index in [0.717, 1.165) is 12.2 Å². The first-order valence-electron chi connectivity index (χ1n) is 4.19. The van der Waals surface area contributed by atoms with Crippen LogP contribution in [0.4, 0.5) is 0 Å². The molecule has 0 fully saturated rings. The molecule has 0 unspecified atom stereocenters. The molecule has 2 heteroatoms. The Morgan fingerprint density at radius 1 is 1.17 bits per heavy atom. The molecule has 66 valence electrons. The van der Waals surface area contributed by atoms with Gasteiger partial charge in [-0.1, -0.05) is 24.6 Å². The third kappa shape index (κ3) is 2.93. The summed E-state index contributed by atoms with van der Waals surface area (Å²) in [5.74, 6) is 0.758. The van der Waals surface area contributed by atoms with E-state index in [0.29, 0.717) is 6.61 Å². The van der Waals surface area contributed by atoms with Crippen LogP contribution in [0.3, 0.4) is 0 Å². The van der Waals surface area contributed by atoms with E-state index in [-0.39, 0.29) is 0 Å². The summed E-state index contributed by atoms with van der Waals surface area (Å²) in [5, 5.41) is 0. The molecule has 0 bridgehead atoms. The summed E-state index contributed by atoms with van der Waals surface area (Å²) in [5.41, 5.74) is 1.22. The maximum Gasteiger partial charge on any atom is 0.165 e. The third-order valence-electron chi connectivity index (χ3n) is 1.46. The molecule has 0 aliphatic heterocycles. The molecule has 0 aromatic heterocycles. The highest BCUT2D eigenvalue weighted by atomic mass is 17.2. The number of rotatable bonds is 4. The van der Waals surface area contributed by atoms with Gasteiger partial charge in [0, 0.05) is 0 Å². The van der Waals surface area contributed by atoms with Crippen LogP contribution in [0, 0.1) is 6.92 Å². The van der Waals surface area contributed by atoms with Gasteiger partial charge in [0.25, 0.3) is 0 Å². The van der Waals surface area contributed by atoms with Crippen LogP contribution in [0.25, 0.3) is 0 Å². The molecule has 0 saturated heterocycles. The smallest absolute Gasteiger partial charge is 0.165 e. The van der Waals surface area contributed by atoms with Gasteiger partial charge in [0.1, 0.15) is 0 Å². The Morgan fingerprint density at radius 3 is 2.42 bits per heavy atom. The second-order valence-corrected chi connectivity index (χ2v) is 2.72. The summed E-state index contributed by atoms with van der Waals surface area (Å²) in [6.07, 6.45) is 0.964. The van der Waals surface area contributed by atoms with Crippen molar-refractivity contribution in [2.45, 2.75) is 20.3 Å². The van der Waals surface area contributed by atoms with Gasteiger partial charge in [-0.15, -0.1) is 0 Å². The molecule has 1 aromatic carbocycles.